The average Bonchev–Trinajstić information content (AvgIpc) is 3.16. The third-order valence-electron chi connectivity index (χ3n) is 7.76. The van der Waals surface area contributed by atoms with Crippen LogP contribution in [0.15, 0.2) is 0 Å². The molecule has 60 heavy (non-hydrogen) atoms. The van der Waals surface area contributed by atoms with Gasteiger partial charge in [0.05, 0.1) is 84.3 Å². The number of hydrogen-bond acceptors (Lipinski definition) is 14. The number of carbonyl (C=O) groups excluding carboxylic acids is 4. The molecule has 0 aromatic carbocycles. The Kier molecular flexibility index (Phi) is 31.3. The minimum Gasteiger partial charge on any atom is -0.465 e. The molecule has 0 bridgehead atoms. The van der Waals surface area contributed by atoms with Crippen LogP contribution in [0.5, 0.6) is 0 Å². The molecule has 0 aromatic heterocycles. The quantitative estimate of drug-likeness (QED) is 0.0366. The number of ether oxygens (including phenoxy) is 7. The Morgan fingerprint density at radius 1 is 0.500 bits per heavy atom. The Hall–Kier alpha value is -4.75. The molecule has 0 aliphatic carbocycles. The lowest BCUT2D eigenvalue weighted by Crippen LogP contribution is -2.61. The molecule has 0 spiro atoms. The molecule has 10 N–H and O–H groups in total. The highest BCUT2D eigenvalue weighted by Gasteiger charge is 2.42. The van der Waals surface area contributed by atoms with E-state index in [1.165, 1.54) is 0 Å². The van der Waals surface area contributed by atoms with Gasteiger partial charge in [-0.2, -0.15) is 0 Å². The van der Waals surface area contributed by atoms with Crippen LogP contribution in [0.2, 0.25) is 0 Å². The van der Waals surface area contributed by atoms with Crippen LogP contribution in [-0.2, 0) is 47.5 Å². The van der Waals surface area contributed by atoms with E-state index in [0.29, 0.717) is 6.42 Å². The van der Waals surface area contributed by atoms with Gasteiger partial charge in [0.25, 0.3) is 0 Å². The molecular weight excluding hydrogens is 802 g/mol. The summed E-state index contributed by atoms with van der Waals surface area (Å²) in [5, 5.41) is 44.7. The van der Waals surface area contributed by atoms with Gasteiger partial charge in [0.2, 0.25) is 17.7 Å². The zero-order valence-corrected chi connectivity index (χ0v) is 35.2. The summed E-state index contributed by atoms with van der Waals surface area (Å²) in [6.07, 6.45) is -6.27. The number of carboxylic acid groups (broad SMARTS) is 3. The van der Waals surface area contributed by atoms with Crippen molar-refractivity contribution in [1.82, 2.24) is 37.2 Å². The van der Waals surface area contributed by atoms with Gasteiger partial charge in [0.1, 0.15) is 5.60 Å². The third-order valence-corrected chi connectivity index (χ3v) is 7.76. The van der Waals surface area contributed by atoms with Crippen molar-refractivity contribution in [2.24, 2.45) is 0 Å². The summed E-state index contributed by atoms with van der Waals surface area (Å²) < 4.78 is 38.4. The zero-order chi connectivity index (χ0) is 45.1. The van der Waals surface area contributed by atoms with Crippen molar-refractivity contribution in [1.29, 1.82) is 0 Å². The SMILES string of the molecule is CCC(=O)NCCOCCOC(CNC(=O)OC(C)(C)C)C(CCC(=O)NCCOCCOCCNC(=O)O)(CCC(=O)NCCOCCOCCNC(=O)O)NC(=O)O. The normalized spacial score (nSPS) is 11.8. The van der Waals surface area contributed by atoms with Crippen LogP contribution in [-0.4, -0.2) is 187 Å². The first-order valence-electron chi connectivity index (χ1n) is 19.7. The Morgan fingerprint density at radius 2 is 0.883 bits per heavy atom. The maximum atomic E-state index is 13.0. The standard InChI is InChI=1S/C36H67N7O17/c1-5-28(44)37-10-15-58-24-25-59-27(26-42-34(53)60-35(2,3)4)36(43-33(51)52,8-6-29(45)38-11-16-54-20-22-56-18-13-40-31(47)48)9-7-30(46)39-12-17-55-21-23-57-19-14-41-32(49)50/h27,40-41,43H,5-26H2,1-4H3,(H,37,44)(H,38,45)(H,39,46)(H,42,53)(H,47,48)(H,49,50)(H,51,52). The Morgan fingerprint density at radius 3 is 1.25 bits per heavy atom. The smallest absolute Gasteiger partial charge is 0.407 e. The van der Waals surface area contributed by atoms with Crippen LogP contribution in [0.4, 0.5) is 19.2 Å². The minimum absolute atomic E-state index is 0.0174. The van der Waals surface area contributed by atoms with E-state index in [-0.39, 0.29) is 144 Å². The molecule has 0 heterocycles. The van der Waals surface area contributed by atoms with E-state index in [2.05, 4.69) is 37.2 Å². The number of nitrogens with one attached hydrogen (secondary N) is 7. The number of rotatable bonds is 36. The first kappa shape index (κ1) is 55.2. The van der Waals surface area contributed by atoms with Gasteiger partial charge >= 0.3 is 24.4 Å². The first-order chi connectivity index (χ1) is 28.5. The Bertz CT molecular complexity index is 1210. The summed E-state index contributed by atoms with van der Waals surface area (Å²) in [7, 11) is 0. The predicted molar refractivity (Wildman–Crippen MR) is 212 cm³/mol. The first-order valence-corrected chi connectivity index (χ1v) is 19.7. The van der Waals surface area contributed by atoms with Gasteiger partial charge in [-0.25, -0.2) is 19.2 Å². The van der Waals surface area contributed by atoms with Crippen molar-refractivity contribution in [3.05, 3.63) is 0 Å². The maximum Gasteiger partial charge on any atom is 0.407 e. The fourth-order valence-corrected chi connectivity index (χ4v) is 4.99. The van der Waals surface area contributed by atoms with Crippen molar-refractivity contribution in [3.8, 4) is 0 Å². The summed E-state index contributed by atoms with van der Waals surface area (Å²) in [6, 6.07) is 0. The molecule has 0 radical (unpaired) electrons. The minimum atomic E-state index is -1.63. The average molecular weight is 870 g/mol. The monoisotopic (exact) mass is 869 g/mol. The molecule has 24 heteroatoms. The summed E-state index contributed by atoms with van der Waals surface area (Å²) >= 11 is 0. The molecule has 1 unspecified atom stereocenters. The summed E-state index contributed by atoms with van der Waals surface area (Å²) in [4.78, 5) is 83.7. The highest BCUT2D eigenvalue weighted by molar-refractivity contribution is 5.77. The fraction of sp³-hybridized carbons (Fsp3) is 0.806. The molecule has 0 aromatic rings. The second kappa shape index (κ2) is 34.0. The zero-order valence-electron chi connectivity index (χ0n) is 35.2. The highest BCUT2D eigenvalue weighted by atomic mass is 16.6. The topological polar surface area (TPSA) is 329 Å². The van der Waals surface area contributed by atoms with E-state index < -0.39 is 53.4 Å². The number of hydrogen-bond donors (Lipinski definition) is 10. The van der Waals surface area contributed by atoms with Crippen LogP contribution < -0.4 is 37.2 Å². The van der Waals surface area contributed by atoms with E-state index in [1.54, 1.807) is 27.7 Å². The molecule has 0 fully saturated rings. The molecule has 0 rings (SSSR count). The second-order valence-corrected chi connectivity index (χ2v) is 13.8. The van der Waals surface area contributed by atoms with Crippen molar-refractivity contribution in [2.45, 2.75) is 77.0 Å². The highest BCUT2D eigenvalue weighted by Crippen LogP contribution is 2.27. The van der Waals surface area contributed by atoms with Gasteiger partial charge in [-0.3, -0.25) is 14.4 Å². The van der Waals surface area contributed by atoms with Gasteiger partial charge in [0.15, 0.2) is 0 Å². The van der Waals surface area contributed by atoms with Gasteiger partial charge in [0, 0.05) is 58.5 Å². The van der Waals surface area contributed by atoms with Crippen LogP contribution >= 0.6 is 0 Å². The number of amides is 7. The van der Waals surface area contributed by atoms with Gasteiger partial charge in [-0.1, -0.05) is 6.92 Å². The van der Waals surface area contributed by atoms with Crippen molar-refractivity contribution in [2.75, 3.05) is 112 Å². The van der Waals surface area contributed by atoms with Crippen LogP contribution in [0.3, 0.4) is 0 Å². The van der Waals surface area contributed by atoms with Gasteiger partial charge < -0.3 is 85.7 Å². The van der Waals surface area contributed by atoms with Crippen LogP contribution in [0, 0.1) is 0 Å². The molecule has 0 saturated carbocycles. The summed E-state index contributed by atoms with van der Waals surface area (Å²) in [5.41, 5.74) is -2.49. The Balaban J connectivity index is 5.75. The van der Waals surface area contributed by atoms with Crippen molar-refractivity contribution in [3.63, 3.8) is 0 Å². The van der Waals surface area contributed by atoms with Gasteiger partial charge in [-0.05, 0) is 33.6 Å². The molecular formula is C36H67N7O17. The van der Waals surface area contributed by atoms with E-state index >= 15 is 0 Å². The van der Waals surface area contributed by atoms with E-state index in [1.807, 2.05) is 0 Å². The molecule has 24 nitrogen and oxygen atoms in total. The molecule has 0 saturated heterocycles. The van der Waals surface area contributed by atoms with E-state index in [4.69, 9.17) is 43.4 Å². The number of alkyl carbamates (subject to hydrolysis) is 1. The lowest BCUT2D eigenvalue weighted by molar-refractivity contribution is -0.123. The molecule has 348 valence electrons. The van der Waals surface area contributed by atoms with E-state index in [0.717, 1.165) is 0 Å². The van der Waals surface area contributed by atoms with Crippen LogP contribution in [0.1, 0.15) is 59.8 Å². The summed E-state index contributed by atoms with van der Waals surface area (Å²) in [5.74, 6) is -1.08. The lowest BCUT2D eigenvalue weighted by Gasteiger charge is -2.41. The van der Waals surface area contributed by atoms with Crippen LogP contribution in [0.25, 0.3) is 0 Å². The maximum absolute atomic E-state index is 13.0. The Labute approximate surface area is 350 Å². The molecule has 0 aliphatic heterocycles. The largest absolute Gasteiger partial charge is 0.465 e. The predicted octanol–water partition coefficient (Wildman–Crippen LogP) is -0.160. The van der Waals surface area contributed by atoms with Crippen molar-refractivity contribution >= 4 is 42.1 Å². The fourth-order valence-electron chi connectivity index (χ4n) is 4.99. The van der Waals surface area contributed by atoms with Crippen molar-refractivity contribution < 1.29 is 82.0 Å². The number of carbonyl (C=O) groups is 7. The third kappa shape index (κ3) is 33.1. The molecule has 7 amide bonds. The van der Waals surface area contributed by atoms with Gasteiger partial charge in [-0.15, -0.1) is 0 Å². The summed E-state index contributed by atoms with van der Waals surface area (Å²) in [6.45, 7) is 8.52. The molecule has 0 aliphatic rings. The molecule has 1 atom stereocenters. The lowest BCUT2D eigenvalue weighted by atomic mass is 9.82. The second-order valence-electron chi connectivity index (χ2n) is 13.8. The van der Waals surface area contributed by atoms with E-state index in [9.17, 15) is 38.7 Å².